The standard InChI is InChI=1S/C20H17F3N4O2S/c21-20(22,23)13-6-7-16-15(12-13)17(28)25-19(30-16)27-10-8-26(9-11-27)18(29)24-14-4-2-1-3-5-14/h1-7,12H,8-11H2,(H,24,29). The minimum Gasteiger partial charge on any atom is -0.344 e. The highest BCUT2D eigenvalue weighted by Crippen LogP contribution is 2.32. The largest absolute Gasteiger partial charge is 0.416 e. The van der Waals surface area contributed by atoms with Crippen molar-refractivity contribution in [2.45, 2.75) is 6.18 Å². The Morgan fingerprint density at radius 1 is 1.03 bits per heavy atom. The Hall–Kier alpha value is -3.14. The molecule has 3 aromatic rings. The van der Waals surface area contributed by atoms with E-state index >= 15 is 0 Å². The van der Waals surface area contributed by atoms with E-state index in [1.807, 2.05) is 23.1 Å². The predicted octanol–water partition coefficient (Wildman–Crippen LogP) is 4.03. The van der Waals surface area contributed by atoms with E-state index in [0.717, 1.165) is 12.1 Å². The maximum absolute atomic E-state index is 12.9. The summed E-state index contributed by atoms with van der Waals surface area (Å²) >= 11 is 1.17. The molecule has 2 aromatic carbocycles. The lowest BCUT2D eigenvalue weighted by Gasteiger charge is -2.34. The number of amides is 2. The summed E-state index contributed by atoms with van der Waals surface area (Å²) in [6.07, 6.45) is -4.51. The number of benzene rings is 2. The monoisotopic (exact) mass is 434 g/mol. The van der Waals surface area contributed by atoms with Crippen molar-refractivity contribution in [2.75, 3.05) is 36.4 Å². The second-order valence-electron chi connectivity index (χ2n) is 6.78. The number of carbonyl (C=O) groups is 1. The Balaban J connectivity index is 1.47. The molecule has 1 aliphatic rings. The number of alkyl halides is 3. The molecule has 0 aliphatic carbocycles. The van der Waals surface area contributed by atoms with Gasteiger partial charge in [0.1, 0.15) is 0 Å². The van der Waals surface area contributed by atoms with Crippen LogP contribution in [0.3, 0.4) is 0 Å². The van der Waals surface area contributed by atoms with Gasteiger partial charge < -0.3 is 15.1 Å². The number of hydrogen-bond donors (Lipinski definition) is 1. The molecule has 2 amide bonds. The SMILES string of the molecule is O=C(Nc1ccccc1)N1CCN(c2nc(=O)c3cc(C(F)(F)F)ccc3s2)CC1. The first-order chi connectivity index (χ1) is 14.3. The Bertz CT molecular complexity index is 1130. The van der Waals surface area contributed by atoms with Gasteiger partial charge in [-0.25, -0.2) is 4.79 Å². The van der Waals surface area contributed by atoms with Crippen LogP contribution in [0.4, 0.5) is 28.8 Å². The van der Waals surface area contributed by atoms with Crippen LogP contribution in [0, 0.1) is 0 Å². The number of para-hydroxylation sites is 1. The van der Waals surface area contributed by atoms with Gasteiger partial charge in [0.05, 0.1) is 10.9 Å². The summed E-state index contributed by atoms with van der Waals surface area (Å²) in [6.45, 7) is 1.81. The summed E-state index contributed by atoms with van der Waals surface area (Å²) in [6, 6.07) is 12.0. The van der Waals surface area contributed by atoms with Crippen LogP contribution in [0.15, 0.2) is 53.3 Å². The molecule has 2 heterocycles. The number of halogens is 3. The van der Waals surface area contributed by atoms with E-state index in [4.69, 9.17) is 0 Å². The molecule has 1 aromatic heterocycles. The Morgan fingerprint density at radius 2 is 1.73 bits per heavy atom. The average molecular weight is 434 g/mol. The fourth-order valence-electron chi connectivity index (χ4n) is 3.19. The molecule has 30 heavy (non-hydrogen) atoms. The van der Waals surface area contributed by atoms with Crippen molar-refractivity contribution in [2.24, 2.45) is 0 Å². The van der Waals surface area contributed by atoms with Crippen molar-refractivity contribution in [3.05, 3.63) is 64.4 Å². The molecule has 10 heteroatoms. The number of nitrogens with one attached hydrogen (secondary N) is 1. The van der Waals surface area contributed by atoms with Crippen LogP contribution in [0.1, 0.15) is 5.56 Å². The van der Waals surface area contributed by atoms with E-state index in [2.05, 4.69) is 10.3 Å². The lowest BCUT2D eigenvalue weighted by Crippen LogP contribution is -2.50. The molecule has 0 bridgehead atoms. The van der Waals surface area contributed by atoms with E-state index in [0.29, 0.717) is 41.7 Å². The van der Waals surface area contributed by atoms with Crippen molar-refractivity contribution >= 4 is 38.3 Å². The summed E-state index contributed by atoms with van der Waals surface area (Å²) in [7, 11) is 0. The number of fused-ring (bicyclic) bond motifs is 1. The van der Waals surface area contributed by atoms with Crippen LogP contribution >= 0.6 is 11.3 Å². The van der Waals surface area contributed by atoms with E-state index in [1.54, 1.807) is 17.0 Å². The summed E-state index contributed by atoms with van der Waals surface area (Å²) in [5, 5.41) is 3.23. The lowest BCUT2D eigenvalue weighted by molar-refractivity contribution is -0.137. The quantitative estimate of drug-likeness (QED) is 0.662. The highest BCUT2D eigenvalue weighted by atomic mass is 32.1. The van der Waals surface area contributed by atoms with Crippen molar-refractivity contribution in [1.82, 2.24) is 9.88 Å². The summed E-state index contributed by atoms with van der Waals surface area (Å²) < 4.78 is 39.1. The van der Waals surface area contributed by atoms with E-state index in [1.165, 1.54) is 17.4 Å². The van der Waals surface area contributed by atoms with E-state index in [-0.39, 0.29) is 11.4 Å². The zero-order valence-corrected chi connectivity index (χ0v) is 16.5. The Morgan fingerprint density at radius 3 is 2.40 bits per heavy atom. The summed E-state index contributed by atoms with van der Waals surface area (Å²) in [4.78, 5) is 32.2. The van der Waals surface area contributed by atoms with Crippen molar-refractivity contribution in [1.29, 1.82) is 0 Å². The van der Waals surface area contributed by atoms with Crippen LogP contribution in [0.25, 0.3) is 10.1 Å². The van der Waals surface area contributed by atoms with Gasteiger partial charge in [0.2, 0.25) is 0 Å². The fraction of sp³-hybridized carbons (Fsp3) is 0.250. The minimum absolute atomic E-state index is 0.0422. The number of rotatable bonds is 2. The summed E-state index contributed by atoms with van der Waals surface area (Å²) in [5.41, 5.74) is -0.849. The third-order valence-corrected chi connectivity index (χ3v) is 5.91. The normalized spacial score (nSPS) is 14.8. The van der Waals surface area contributed by atoms with Crippen molar-refractivity contribution in [3.63, 3.8) is 0 Å². The number of urea groups is 1. The highest BCUT2D eigenvalue weighted by molar-refractivity contribution is 7.21. The zero-order chi connectivity index (χ0) is 21.3. The predicted molar refractivity (Wildman–Crippen MR) is 110 cm³/mol. The molecule has 1 saturated heterocycles. The van der Waals surface area contributed by atoms with Gasteiger partial charge in [0.15, 0.2) is 5.13 Å². The number of anilines is 2. The van der Waals surface area contributed by atoms with Crippen LogP contribution in [-0.2, 0) is 6.18 Å². The van der Waals surface area contributed by atoms with Crippen molar-refractivity contribution < 1.29 is 18.0 Å². The molecule has 156 valence electrons. The highest BCUT2D eigenvalue weighted by Gasteiger charge is 2.31. The molecule has 0 spiro atoms. The molecular formula is C20H17F3N4O2S. The van der Waals surface area contributed by atoms with Gasteiger partial charge in [-0.05, 0) is 30.3 Å². The maximum Gasteiger partial charge on any atom is 0.416 e. The molecule has 1 fully saturated rings. The number of piperazine rings is 1. The minimum atomic E-state index is -4.51. The number of hydrogen-bond acceptors (Lipinski definition) is 5. The topological polar surface area (TPSA) is 65.5 Å². The molecular weight excluding hydrogens is 417 g/mol. The molecule has 0 unspecified atom stereocenters. The van der Waals surface area contributed by atoms with Gasteiger partial charge in [0, 0.05) is 36.6 Å². The van der Waals surface area contributed by atoms with Gasteiger partial charge in [-0.15, -0.1) is 0 Å². The Labute approximate surface area is 173 Å². The molecule has 0 atom stereocenters. The van der Waals surface area contributed by atoms with Crippen LogP contribution in [0.5, 0.6) is 0 Å². The molecule has 0 saturated carbocycles. The van der Waals surface area contributed by atoms with Crippen molar-refractivity contribution in [3.8, 4) is 0 Å². The van der Waals surface area contributed by atoms with E-state index < -0.39 is 17.3 Å². The number of nitrogens with zero attached hydrogens (tertiary/aromatic N) is 3. The van der Waals surface area contributed by atoms with Crippen LogP contribution in [0.2, 0.25) is 0 Å². The summed E-state index contributed by atoms with van der Waals surface area (Å²) in [5.74, 6) is 0. The van der Waals surface area contributed by atoms with Gasteiger partial charge in [-0.1, -0.05) is 29.5 Å². The first-order valence-electron chi connectivity index (χ1n) is 9.19. The number of carbonyl (C=O) groups excluding carboxylic acids is 1. The smallest absolute Gasteiger partial charge is 0.344 e. The molecule has 0 radical (unpaired) electrons. The van der Waals surface area contributed by atoms with Gasteiger partial charge in [-0.3, -0.25) is 4.79 Å². The van der Waals surface area contributed by atoms with Gasteiger partial charge in [0.25, 0.3) is 5.56 Å². The second-order valence-corrected chi connectivity index (χ2v) is 7.79. The fourth-order valence-corrected chi connectivity index (χ4v) is 4.22. The van der Waals surface area contributed by atoms with Gasteiger partial charge >= 0.3 is 12.2 Å². The zero-order valence-electron chi connectivity index (χ0n) is 15.6. The average Bonchev–Trinajstić information content (AvgIpc) is 2.73. The van der Waals surface area contributed by atoms with Crippen LogP contribution < -0.4 is 15.8 Å². The third-order valence-electron chi connectivity index (χ3n) is 4.80. The first kappa shape index (κ1) is 20.1. The van der Waals surface area contributed by atoms with Gasteiger partial charge in [-0.2, -0.15) is 18.2 Å². The molecule has 1 N–H and O–H groups in total. The Kier molecular flexibility index (Phi) is 5.33. The molecule has 6 nitrogen and oxygen atoms in total. The maximum atomic E-state index is 12.9. The number of aromatic nitrogens is 1. The third kappa shape index (κ3) is 4.23. The van der Waals surface area contributed by atoms with E-state index in [9.17, 15) is 22.8 Å². The molecule has 1 aliphatic heterocycles. The first-order valence-corrected chi connectivity index (χ1v) is 10.0. The lowest BCUT2D eigenvalue weighted by atomic mass is 10.2. The molecule has 4 rings (SSSR count). The second kappa shape index (κ2) is 7.94. The van der Waals surface area contributed by atoms with Crippen LogP contribution in [-0.4, -0.2) is 42.1 Å².